The van der Waals surface area contributed by atoms with Crippen LogP contribution in [0.5, 0.6) is 0 Å². The second-order valence-corrected chi connectivity index (χ2v) is 19.0. The van der Waals surface area contributed by atoms with E-state index >= 15 is 0 Å². The Morgan fingerprint density at radius 2 is 1.27 bits per heavy atom. The lowest BCUT2D eigenvalue weighted by molar-refractivity contribution is -0.252. The summed E-state index contributed by atoms with van der Waals surface area (Å²) >= 11 is 22.8. The smallest absolute Gasteiger partial charge is 0.391 e. The molecule has 10 N–H and O–H groups in total. The van der Waals surface area contributed by atoms with E-state index in [2.05, 4.69) is 59.5 Å². The van der Waals surface area contributed by atoms with Gasteiger partial charge < -0.3 is 25.1 Å². The van der Waals surface area contributed by atoms with Gasteiger partial charge in [0.2, 0.25) is 0 Å². The lowest BCUT2D eigenvalue weighted by Gasteiger charge is -2.14. The van der Waals surface area contributed by atoms with Crippen molar-refractivity contribution in [2.24, 2.45) is 5.84 Å². The molecule has 2 aromatic carbocycles. The number of halogens is 10. The largest absolute Gasteiger partial charge is 0.417 e. The van der Waals surface area contributed by atoms with Crippen molar-refractivity contribution in [2.45, 2.75) is 42.2 Å². The van der Waals surface area contributed by atoms with Crippen molar-refractivity contribution >= 4 is 89.6 Å². The highest BCUT2D eigenvalue weighted by atomic mass is 35.5. The number of benzene rings is 2. The second-order valence-electron chi connectivity index (χ2n) is 14.0. The van der Waals surface area contributed by atoms with Crippen LogP contribution in [0.15, 0.2) is 89.4 Å². The van der Waals surface area contributed by atoms with E-state index in [0.29, 0.717) is 29.3 Å². The number of H-pyrrole nitrogens is 2. The zero-order valence-electron chi connectivity index (χ0n) is 37.9. The summed E-state index contributed by atoms with van der Waals surface area (Å²) in [6, 6.07) is 6.59. The number of sulfonamides is 2. The molecule has 0 aliphatic carbocycles. The van der Waals surface area contributed by atoms with Gasteiger partial charge in [-0.05, 0) is 55.5 Å². The molecule has 5 aromatic heterocycles. The van der Waals surface area contributed by atoms with E-state index in [4.69, 9.17) is 63.1 Å². The van der Waals surface area contributed by atoms with Gasteiger partial charge in [-0.2, -0.15) is 36.5 Å². The summed E-state index contributed by atoms with van der Waals surface area (Å²) in [6.45, 7) is 1.21. The van der Waals surface area contributed by atoms with Crippen LogP contribution in [0.2, 0.25) is 20.1 Å². The average Bonchev–Trinajstić information content (AvgIpc) is 4.10. The molecule has 0 unspecified atom stereocenters. The number of hydrogen-bond donors (Lipinski definition) is 8. The van der Waals surface area contributed by atoms with Gasteiger partial charge >= 0.3 is 12.4 Å². The minimum absolute atomic E-state index is 0.0247. The number of rotatable bonds is 13. The number of pyridine rings is 2. The maximum Gasteiger partial charge on any atom is 0.417 e. The van der Waals surface area contributed by atoms with E-state index < -0.39 is 81.4 Å². The monoisotopic (exact) mass is 1160 g/mol. The summed E-state index contributed by atoms with van der Waals surface area (Å²) in [4.78, 5) is 18.1. The van der Waals surface area contributed by atoms with E-state index in [-0.39, 0.29) is 39.5 Å². The molecule has 23 nitrogen and oxygen atoms in total. The summed E-state index contributed by atoms with van der Waals surface area (Å²) in [5.41, 5.74) is 4.91. The van der Waals surface area contributed by atoms with Crippen molar-refractivity contribution in [3.63, 3.8) is 0 Å². The Bertz CT molecular complexity index is 3270. The van der Waals surface area contributed by atoms with Gasteiger partial charge in [-0.3, -0.25) is 34.4 Å². The Kier molecular flexibility index (Phi) is 20.9. The van der Waals surface area contributed by atoms with Gasteiger partial charge in [-0.25, -0.2) is 32.6 Å². The Hall–Kier alpha value is -6.39. The molecule has 0 spiro atoms. The van der Waals surface area contributed by atoms with E-state index in [1.54, 1.807) is 18.5 Å². The number of methoxy groups -OCH3 is 3. The number of aromatic amines is 2. The van der Waals surface area contributed by atoms with Gasteiger partial charge in [-0.15, -0.1) is 10.2 Å². The van der Waals surface area contributed by atoms with E-state index in [1.165, 1.54) is 50.7 Å². The first-order chi connectivity index (χ1) is 34.6. The first kappa shape index (κ1) is 60.2. The van der Waals surface area contributed by atoms with Crippen molar-refractivity contribution in [2.75, 3.05) is 36.5 Å². The van der Waals surface area contributed by atoms with Gasteiger partial charge in [0.15, 0.2) is 11.5 Å². The van der Waals surface area contributed by atoms with Gasteiger partial charge in [-0.1, -0.05) is 46.4 Å². The van der Waals surface area contributed by atoms with Crippen LogP contribution in [0.25, 0.3) is 17.3 Å². The molecule has 0 aliphatic rings. The highest BCUT2D eigenvalue weighted by Gasteiger charge is 2.36. The number of nitrogens with one attached hydrogen (secondary N) is 5. The number of nitrogens with zero attached hydrogens (tertiary/aromatic N) is 7. The van der Waals surface area contributed by atoms with Crippen molar-refractivity contribution in [3.8, 4) is 17.3 Å². The van der Waals surface area contributed by atoms with Gasteiger partial charge in [0.1, 0.15) is 23.7 Å². The van der Waals surface area contributed by atoms with E-state index in [0.717, 1.165) is 42.1 Å². The molecule has 7 aromatic rings. The molecule has 400 valence electrons. The predicted octanol–water partition coefficient (Wildman–Crippen LogP) is 6.99. The van der Waals surface area contributed by atoms with Crippen LogP contribution in [-0.4, -0.2) is 101 Å². The van der Waals surface area contributed by atoms with Gasteiger partial charge in [0, 0.05) is 44.8 Å². The minimum atomic E-state index is -4.86. The van der Waals surface area contributed by atoms with E-state index in [1.807, 2.05) is 4.72 Å². The summed E-state index contributed by atoms with van der Waals surface area (Å²) in [7, 11) is -4.49. The summed E-state index contributed by atoms with van der Waals surface area (Å²) in [5.74, 6) is 5.12. The molecule has 35 heteroatoms. The molecule has 74 heavy (non-hydrogen) atoms. The van der Waals surface area contributed by atoms with Crippen LogP contribution in [0, 0.1) is 6.92 Å². The average molecular weight is 1170 g/mol. The molecule has 1 amide bonds. The standard InChI is InChI=1S/C18H12Cl2F3N7O2S.C13H9Cl2F3N4O3S.C4H7N3O.C4H10O3/c1-9-6-25-27-16(9)30-8-26-28-17(30)15-14(4-10(19)7-24-15)29-33(31,32)11-2-3-13(20)12(5-11)18(21,22)23;14-6-3-10(11(20-5-6)12(23)21-19)22-26(24,25)7-1-2-9(15)8(4-7)13(16,17)18;5-4-3(2-8)1-6-7-4;1-5-4(6-2)7-3/h2-8,29H,1H3,(H,25,27);1-5,22H,19H2,(H,21,23);1,8H,2H2,(H3,5,6,7);4H,1-3H3. The minimum Gasteiger partial charge on any atom is -0.391 e. The lowest BCUT2D eigenvalue weighted by Crippen LogP contribution is -2.31. The molecule has 0 radical (unpaired) electrons. The number of carbonyl (C=O) groups excluding carboxylic acids is 1. The number of hydrazine groups is 1. The van der Waals surface area contributed by atoms with Crippen molar-refractivity contribution in [1.29, 1.82) is 0 Å². The van der Waals surface area contributed by atoms with Crippen LogP contribution in [0.3, 0.4) is 0 Å². The quantitative estimate of drug-likeness (QED) is 0.0189. The number of nitrogen functional groups attached to an aromatic ring is 2. The number of carbonyl (C=O) groups is 1. The number of anilines is 3. The zero-order valence-corrected chi connectivity index (χ0v) is 42.5. The summed E-state index contributed by atoms with van der Waals surface area (Å²) < 4.78 is 149. The lowest BCUT2D eigenvalue weighted by atomic mass is 10.2. The first-order valence-corrected chi connectivity index (χ1v) is 24.1. The summed E-state index contributed by atoms with van der Waals surface area (Å²) in [6.07, 6.45) is -2.95. The summed E-state index contributed by atoms with van der Waals surface area (Å²) in [5, 5.41) is 27.8. The second kappa shape index (κ2) is 25.7. The number of aliphatic hydroxyl groups is 1. The molecule has 0 bridgehead atoms. The van der Waals surface area contributed by atoms with Crippen LogP contribution in [0.4, 0.5) is 43.5 Å². The maximum atomic E-state index is 13.2. The topological polar surface area (TPSA) is 335 Å². The Morgan fingerprint density at radius 1 is 0.770 bits per heavy atom. The third-order valence-electron chi connectivity index (χ3n) is 8.95. The number of aromatic nitrogens is 9. The normalized spacial score (nSPS) is 11.6. The molecule has 7 rings (SSSR count). The first-order valence-electron chi connectivity index (χ1n) is 19.6. The molecular weight excluding hydrogens is 1130 g/mol. The number of nitrogens with two attached hydrogens (primary N) is 2. The highest BCUT2D eigenvalue weighted by Crippen LogP contribution is 2.38. The zero-order chi connectivity index (χ0) is 55.3. The van der Waals surface area contributed by atoms with Crippen LogP contribution >= 0.6 is 46.4 Å². The fraction of sp³-hybridized carbons (Fsp3) is 0.205. The molecule has 0 saturated carbocycles. The van der Waals surface area contributed by atoms with Crippen LogP contribution in [-0.2, 0) is 53.2 Å². The number of aryl methyl sites for hydroxylation is 1. The molecule has 0 atom stereocenters. The molecule has 5 heterocycles. The highest BCUT2D eigenvalue weighted by molar-refractivity contribution is 7.93. The predicted molar refractivity (Wildman–Crippen MR) is 256 cm³/mol. The fourth-order valence-corrected chi connectivity index (χ4v) is 8.46. The Balaban J connectivity index is 0.000000254. The van der Waals surface area contributed by atoms with Gasteiger partial charge in [0.05, 0.1) is 71.4 Å². The number of ether oxygens (including phenoxy) is 3. The number of alkyl halides is 6. The van der Waals surface area contributed by atoms with Crippen LogP contribution in [0.1, 0.15) is 32.7 Å². The SMILES string of the molecule is COC(OC)OC.Cc1cn[nH]c1-n1cnnc1-c1ncc(Cl)cc1NS(=O)(=O)c1ccc(Cl)c(C(F)(F)F)c1.NNC(=O)c1ncc(Cl)cc1NS(=O)(=O)c1ccc(Cl)c(C(F)(F)F)c1.Nc1[nH]ncc1CO. The van der Waals surface area contributed by atoms with Crippen molar-refractivity contribution in [1.82, 2.24) is 50.6 Å². The van der Waals surface area contributed by atoms with Gasteiger partial charge in [0.25, 0.3) is 32.4 Å². The third-order valence-corrected chi connectivity index (χ3v) is 12.8. The Labute approximate surface area is 434 Å². The number of hydrogen-bond acceptors (Lipinski definition) is 17. The fourth-order valence-electron chi connectivity index (χ4n) is 5.53. The number of aliphatic hydroxyl groups excluding tert-OH is 1. The van der Waals surface area contributed by atoms with Crippen molar-refractivity contribution < 1.29 is 67.3 Å². The number of amides is 1. The van der Waals surface area contributed by atoms with Crippen molar-refractivity contribution in [3.05, 3.63) is 128 Å². The molecule has 0 aliphatic heterocycles. The molecule has 0 saturated heterocycles. The molecular formula is C39H38Cl4F6N14O9S2. The Morgan fingerprint density at radius 3 is 1.69 bits per heavy atom. The van der Waals surface area contributed by atoms with Crippen LogP contribution < -0.4 is 26.4 Å². The maximum absolute atomic E-state index is 13.2. The molecule has 0 fully saturated rings. The van der Waals surface area contributed by atoms with E-state index in [9.17, 15) is 48.0 Å². The third kappa shape index (κ3) is 15.8.